The molecule has 1 unspecified atom stereocenters. The Hall–Kier alpha value is -2.25. The van der Waals surface area contributed by atoms with Crippen molar-refractivity contribution in [1.82, 2.24) is 10.2 Å². The van der Waals surface area contributed by atoms with Gasteiger partial charge in [0, 0.05) is 19.6 Å². The number of piperidine rings is 1. The molecule has 2 rings (SSSR count). The number of ether oxygens (including phenoxy) is 1. The van der Waals surface area contributed by atoms with Gasteiger partial charge >= 0.3 is 12.3 Å². The summed E-state index contributed by atoms with van der Waals surface area (Å²) in [5.41, 5.74) is -2.10. The monoisotopic (exact) mass is 442 g/mol. The molecule has 1 aromatic rings. The predicted octanol–water partition coefficient (Wildman–Crippen LogP) is 5.14. The molecule has 0 radical (unpaired) electrons. The summed E-state index contributed by atoms with van der Waals surface area (Å²) in [6.07, 6.45) is -2.28. The van der Waals surface area contributed by atoms with E-state index in [9.17, 15) is 22.8 Å². The topological polar surface area (TPSA) is 58.6 Å². The zero-order valence-electron chi connectivity index (χ0n) is 18.9. The van der Waals surface area contributed by atoms with Crippen LogP contribution in [0.4, 0.5) is 18.0 Å². The Morgan fingerprint density at radius 1 is 1.13 bits per heavy atom. The van der Waals surface area contributed by atoms with Crippen molar-refractivity contribution in [2.24, 2.45) is 5.92 Å². The summed E-state index contributed by atoms with van der Waals surface area (Å²) in [6.45, 7) is 10.3. The fourth-order valence-corrected chi connectivity index (χ4v) is 3.62. The Morgan fingerprint density at radius 2 is 1.77 bits per heavy atom. The maximum atomic E-state index is 13.0. The van der Waals surface area contributed by atoms with Gasteiger partial charge < -0.3 is 15.0 Å². The molecule has 174 valence electrons. The van der Waals surface area contributed by atoms with Gasteiger partial charge in [-0.3, -0.25) is 4.79 Å². The van der Waals surface area contributed by atoms with Crippen LogP contribution in [-0.2, 0) is 21.1 Å². The molecule has 0 spiro atoms. The van der Waals surface area contributed by atoms with Crippen LogP contribution in [0.1, 0.15) is 65.0 Å². The van der Waals surface area contributed by atoms with Crippen LogP contribution in [0.2, 0.25) is 0 Å². The Bertz CT molecular complexity index is 785. The van der Waals surface area contributed by atoms with E-state index in [1.807, 2.05) is 20.8 Å². The van der Waals surface area contributed by atoms with E-state index in [-0.39, 0.29) is 17.9 Å². The second-order valence-electron chi connectivity index (χ2n) is 9.68. The predicted molar refractivity (Wildman–Crippen MR) is 113 cm³/mol. The van der Waals surface area contributed by atoms with Crippen LogP contribution in [0.3, 0.4) is 0 Å². The Morgan fingerprint density at radius 3 is 2.39 bits per heavy atom. The number of benzene rings is 1. The number of likely N-dealkylation sites (tertiary alicyclic amines) is 1. The summed E-state index contributed by atoms with van der Waals surface area (Å²) in [5.74, 6) is -0.0927. The molecular weight excluding hydrogens is 409 g/mol. The Kier molecular flexibility index (Phi) is 7.66. The molecule has 1 aliphatic rings. The van der Waals surface area contributed by atoms with Crippen LogP contribution in [0, 0.1) is 5.92 Å². The molecule has 1 aromatic carbocycles. The Balaban J connectivity index is 1.90. The van der Waals surface area contributed by atoms with Crippen LogP contribution in [0.25, 0.3) is 0 Å². The van der Waals surface area contributed by atoms with Crippen molar-refractivity contribution in [3.63, 3.8) is 0 Å². The standard InChI is InChI=1S/C23H33F3N2O3/c1-21(2,3)31-20(30)28-13-7-8-16(15-28)11-12-27-19(29)22(4,5)17-9-6-10-18(14-17)23(24,25)26/h6,9-10,14,16H,7-8,11-13,15H2,1-5H3,(H,27,29). The second kappa shape index (κ2) is 9.49. The lowest BCUT2D eigenvalue weighted by molar-refractivity contribution is -0.138. The molecule has 1 fully saturated rings. The minimum atomic E-state index is -4.45. The van der Waals surface area contributed by atoms with E-state index in [2.05, 4.69) is 5.32 Å². The van der Waals surface area contributed by atoms with E-state index in [1.54, 1.807) is 18.7 Å². The third kappa shape index (κ3) is 7.14. The molecule has 0 saturated carbocycles. The number of carbonyl (C=O) groups excluding carboxylic acids is 2. The van der Waals surface area contributed by atoms with Gasteiger partial charge in [-0.25, -0.2) is 4.79 Å². The largest absolute Gasteiger partial charge is 0.444 e. The molecule has 31 heavy (non-hydrogen) atoms. The van der Waals surface area contributed by atoms with Gasteiger partial charge in [-0.05, 0) is 71.4 Å². The van der Waals surface area contributed by atoms with Crippen molar-refractivity contribution in [3.8, 4) is 0 Å². The molecule has 8 heteroatoms. The molecule has 1 aliphatic heterocycles. The van der Waals surface area contributed by atoms with Crippen molar-refractivity contribution in [3.05, 3.63) is 35.4 Å². The van der Waals surface area contributed by atoms with E-state index < -0.39 is 22.8 Å². The van der Waals surface area contributed by atoms with Crippen LogP contribution in [-0.4, -0.2) is 42.1 Å². The molecule has 0 aromatic heterocycles. The summed E-state index contributed by atoms with van der Waals surface area (Å²) >= 11 is 0. The smallest absolute Gasteiger partial charge is 0.416 e. The average Bonchev–Trinajstić information content (AvgIpc) is 2.66. The number of halogens is 3. The molecule has 2 amide bonds. The first-order valence-corrected chi connectivity index (χ1v) is 10.6. The number of hydrogen-bond acceptors (Lipinski definition) is 3. The van der Waals surface area contributed by atoms with Gasteiger partial charge in [-0.1, -0.05) is 18.2 Å². The molecule has 5 nitrogen and oxygen atoms in total. The van der Waals surface area contributed by atoms with Gasteiger partial charge in [0.05, 0.1) is 11.0 Å². The van der Waals surface area contributed by atoms with Crippen molar-refractivity contribution in [1.29, 1.82) is 0 Å². The average molecular weight is 443 g/mol. The molecule has 1 heterocycles. The highest BCUT2D eigenvalue weighted by Gasteiger charge is 2.35. The molecule has 1 atom stereocenters. The minimum absolute atomic E-state index is 0.234. The van der Waals surface area contributed by atoms with Gasteiger partial charge in [0.1, 0.15) is 5.60 Å². The van der Waals surface area contributed by atoms with Gasteiger partial charge in [0.25, 0.3) is 0 Å². The lowest BCUT2D eigenvalue weighted by atomic mass is 9.82. The fraction of sp³-hybridized carbons (Fsp3) is 0.652. The normalized spacial score (nSPS) is 17.9. The first-order valence-electron chi connectivity index (χ1n) is 10.6. The highest BCUT2D eigenvalue weighted by Crippen LogP contribution is 2.33. The van der Waals surface area contributed by atoms with E-state index >= 15 is 0 Å². The Labute approximate surface area is 182 Å². The van der Waals surface area contributed by atoms with Gasteiger partial charge in [-0.15, -0.1) is 0 Å². The van der Waals surface area contributed by atoms with E-state index in [1.165, 1.54) is 12.1 Å². The van der Waals surface area contributed by atoms with Gasteiger partial charge in [-0.2, -0.15) is 13.2 Å². The third-order valence-electron chi connectivity index (χ3n) is 5.49. The number of nitrogens with zero attached hydrogens (tertiary/aromatic N) is 1. The van der Waals surface area contributed by atoms with E-state index in [4.69, 9.17) is 4.74 Å². The zero-order valence-corrected chi connectivity index (χ0v) is 18.9. The number of alkyl halides is 3. The summed E-state index contributed by atoms with van der Waals surface area (Å²) in [7, 11) is 0. The highest BCUT2D eigenvalue weighted by atomic mass is 19.4. The van der Waals surface area contributed by atoms with Crippen LogP contribution < -0.4 is 5.32 Å². The first kappa shape index (κ1) is 25.0. The number of nitrogens with one attached hydrogen (secondary N) is 1. The summed E-state index contributed by atoms with van der Waals surface area (Å²) < 4.78 is 44.5. The summed E-state index contributed by atoms with van der Waals surface area (Å²) in [6, 6.07) is 4.88. The first-order chi connectivity index (χ1) is 14.2. The maximum absolute atomic E-state index is 13.0. The number of amides is 2. The van der Waals surface area contributed by atoms with Gasteiger partial charge in [0.15, 0.2) is 0 Å². The zero-order chi connectivity index (χ0) is 23.4. The fourth-order valence-electron chi connectivity index (χ4n) is 3.62. The molecular formula is C23H33F3N2O3. The van der Waals surface area contributed by atoms with Crippen LogP contribution in [0.15, 0.2) is 24.3 Å². The molecule has 0 aliphatic carbocycles. The van der Waals surface area contributed by atoms with Crippen LogP contribution in [0.5, 0.6) is 0 Å². The van der Waals surface area contributed by atoms with Crippen molar-refractivity contribution >= 4 is 12.0 Å². The maximum Gasteiger partial charge on any atom is 0.416 e. The minimum Gasteiger partial charge on any atom is -0.444 e. The van der Waals surface area contributed by atoms with Crippen molar-refractivity contribution < 1.29 is 27.5 Å². The number of rotatable bonds is 5. The molecule has 1 N–H and O–H groups in total. The highest BCUT2D eigenvalue weighted by molar-refractivity contribution is 5.87. The quantitative estimate of drug-likeness (QED) is 0.687. The summed E-state index contributed by atoms with van der Waals surface area (Å²) in [4.78, 5) is 26.7. The molecule has 0 bridgehead atoms. The lowest BCUT2D eigenvalue weighted by Gasteiger charge is -2.34. The summed E-state index contributed by atoms with van der Waals surface area (Å²) in [5, 5.41) is 2.85. The van der Waals surface area contributed by atoms with Crippen molar-refractivity contribution in [2.45, 2.75) is 71.1 Å². The second-order valence-corrected chi connectivity index (χ2v) is 9.68. The third-order valence-corrected chi connectivity index (χ3v) is 5.49. The van der Waals surface area contributed by atoms with Gasteiger partial charge in [0.2, 0.25) is 5.91 Å². The van der Waals surface area contributed by atoms with Crippen molar-refractivity contribution in [2.75, 3.05) is 19.6 Å². The number of carbonyl (C=O) groups is 2. The van der Waals surface area contributed by atoms with Crippen LogP contribution >= 0.6 is 0 Å². The molecule has 1 saturated heterocycles. The van der Waals surface area contributed by atoms with E-state index in [0.717, 1.165) is 25.0 Å². The SMILES string of the molecule is CC(C)(C)OC(=O)N1CCCC(CCNC(=O)C(C)(C)c2cccc(C(F)(F)F)c2)C1. The van der Waals surface area contributed by atoms with E-state index in [0.29, 0.717) is 31.6 Å². The number of hydrogen-bond donors (Lipinski definition) is 1. The lowest BCUT2D eigenvalue weighted by Crippen LogP contribution is -2.44.